The SMILES string of the molecule is CS(=O)(=O)c1ncn2cc(C3CCC4(CC3)OCCO4)cc2n1. The molecule has 8 heteroatoms. The first-order chi connectivity index (χ1) is 11.0. The van der Waals surface area contributed by atoms with Crippen molar-refractivity contribution in [1.29, 1.82) is 0 Å². The Hall–Kier alpha value is -1.51. The Balaban J connectivity index is 1.58. The molecule has 0 atom stereocenters. The zero-order valence-corrected chi connectivity index (χ0v) is 13.8. The number of aromatic nitrogens is 3. The molecule has 23 heavy (non-hydrogen) atoms. The van der Waals surface area contributed by atoms with Gasteiger partial charge in [-0.2, -0.15) is 0 Å². The van der Waals surface area contributed by atoms with E-state index in [0.717, 1.165) is 37.5 Å². The van der Waals surface area contributed by atoms with E-state index < -0.39 is 9.84 Å². The van der Waals surface area contributed by atoms with Crippen LogP contribution in [0.1, 0.15) is 37.2 Å². The van der Waals surface area contributed by atoms with E-state index in [0.29, 0.717) is 24.8 Å². The molecule has 4 rings (SSSR count). The minimum Gasteiger partial charge on any atom is -0.348 e. The minimum absolute atomic E-state index is 0.134. The van der Waals surface area contributed by atoms with Crippen molar-refractivity contribution >= 4 is 15.5 Å². The van der Waals surface area contributed by atoms with Crippen LogP contribution in [0.2, 0.25) is 0 Å². The third-order valence-electron chi connectivity index (χ3n) is 4.72. The van der Waals surface area contributed by atoms with Gasteiger partial charge in [0, 0.05) is 25.3 Å². The largest absolute Gasteiger partial charge is 0.348 e. The lowest BCUT2D eigenvalue weighted by molar-refractivity contribution is -0.178. The highest BCUT2D eigenvalue weighted by molar-refractivity contribution is 7.90. The Morgan fingerprint density at radius 3 is 2.61 bits per heavy atom. The van der Waals surface area contributed by atoms with Crippen LogP contribution in [0.5, 0.6) is 0 Å². The van der Waals surface area contributed by atoms with E-state index in [1.54, 1.807) is 4.40 Å². The molecule has 2 fully saturated rings. The van der Waals surface area contributed by atoms with E-state index >= 15 is 0 Å². The van der Waals surface area contributed by atoms with Gasteiger partial charge in [-0.05, 0) is 30.4 Å². The molecule has 2 aliphatic rings. The van der Waals surface area contributed by atoms with E-state index in [1.807, 2.05) is 12.3 Å². The lowest BCUT2D eigenvalue weighted by atomic mass is 9.82. The van der Waals surface area contributed by atoms with Crippen LogP contribution in [-0.2, 0) is 19.3 Å². The Morgan fingerprint density at radius 2 is 1.96 bits per heavy atom. The Kier molecular flexibility index (Phi) is 3.44. The van der Waals surface area contributed by atoms with E-state index in [2.05, 4.69) is 9.97 Å². The summed E-state index contributed by atoms with van der Waals surface area (Å²) < 4.78 is 36.4. The van der Waals surface area contributed by atoms with Crippen molar-refractivity contribution in [3.8, 4) is 0 Å². The molecule has 3 heterocycles. The molecule has 1 spiro atoms. The molecule has 0 radical (unpaired) electrons. The Morgan fingerprint density at radius 1 is 1.26 bits per heavy atom. The highest BCUT2D eigenvalue weighted by Crippen LogP contribution is 2.42. The molecular formula is C15H19N3O4S. The molecule has 1 aliphatic carbocycles. The van der Waals surface area contributed by atoms with E-state index in [4.69, 9.17) is 9.47 Å². The summed E-state index contributed by atoms with van der Waals surface area (Å²) in [5.74, 6) is 0.0515. The van der Waals surface area contributed by atoms with Gasteiger partial charge in [0.15, 0.2) is 5.79 Å². The van der Waals surface area contributed by atoms with Gasteiger partial charge in [0.1, 0.15) is 12.0 Å². The van der Waals surface area contributed by atoms with Crippen molar-refractivity contribution in [1.82, 2.24) is 14.4 Å². The summed E-state index contributed by atoms with van der Waals surface area (Å²) in [4.78, 5) is 8.07. The maximum atomic E-state index is 11.6. The fraction of sp³-hybridized carbons (Fsp3) is 0.600. The summed E-state index contributed by atoms with van der Waals surface area (Å²) in [6.07, 6.45) is 8.38. The maximum absolute atomic E-state index is 11.6. The van der Waals surface area contributed by atoms with Crippen molar-refractivity contribution in [2.24, 2.45) is 0 Å². The number of nitrogens with zero attached hydrogens (tertiary/aromatic N) is 3. The Bertz CT molecular complexity index is 830. The van der Waals surface area contributed by atoms with Crippen molar-refractivity contribution in [2.45, 2.75) is 42.5 Å². The van der Waals surface area contributed by atoms with Crippen molar-refractivity contribution < 1.29 is 17.9 Å². The molecule has 2 aromatic heterocycles. The van der Waals surface area contributed by atoms with Crippen LogP contribution in [0.25, 0.3) is 5.65 Å². The van der Waals surface area contributed by atoms with Crippen LogP contribution in [0, 0.1) is 0 Å². The van der Waals surface area contributed by atoms with E-state index in [1.165, 1.54) is 6.33 Å². The molecule has 0 amide bonds. The predicted molar refractivity (Wildman–Crippen MR) is 81.9 cm³/mol. The summed E-state index contributed by atoms with van der Waals surface area (Å²) in [6, 6.07) is 1.95. The molecule has 0 N–H and O–H groups in total. The molecule has 0 bridgehead atoms. The number of fused-ring (bicyclic) bond motifs is 1. The van der Waals surface area contributed by atoms with E-state index in [-0.39, 0.29) is 10.9 Å². The normalized spacial score (nSPS) is 22.1. The van der Waals surface area contributed by atoms with Gasteiger partial charge in [-0.3, -0.25) is 4.40 Å². The van der Waals surface area contributed by atoms with Gasteiger partial charge in [0.25, 0.3) is 0 Å². The highest BCUT2D eigenvalue weighted by Gasteiger charge is 2.40. The monoisotopic (exact) mass is 337 g/mol. The fourth-order valence-corrected chi connectivity index (χ4v) is 3.99. The quantitative estimate of drug-likeness (QED) is 0.826. The molecule has 7 nitrogen and oxygen atoms in total. The predicted octanol–water partition coefficient (Wildman–Crippen LogP) is 1.53. The van der Waals surface area contributed by atoms with Gasteiger partial charge >= 0.3 is 0 Å². The van der Waals surface area contributed by atoms with Gasteiger partial charge in [0.05, 0.1) is 13.2 Å². The van der Waals surface area contributed by atoms with Gasteiger partial charge in [0.2, 0.25) is 15.0 Å². The standard InChI is InChI=1S/C15H19N3O4S/c1-23(19,20)14-16-10-18-9-12(8-13(18)17-14)11-2-4-15(5-3-11)21-6-7-22-15/h8-11H,2-7H2,1H3. The number of rotatable bonds is 2. The summed E-state index contributed by atoms with van der Waals surface area (Å²) in [6.45, 7) is 1.37. The van der Waals surface area contributed by atoms with Gasteiger partial charge < -0.3 is 9.47 Å². The number of hydrogen-bond acceptors (Lipinski definition) is 6. The number of sulfone groups is 1. The van der Waals surface area contributed by atoms with Crippen LogP contribution in [0.15, 0.2) is 23.7 Å². The number of hydrogen-bond donors (Lipinski definition) is 0. The molecule has 124 valence electrons. The average Bonchev–Trinajstić information content (AvgIpc) is 3.13. The fourth-order valence-electron chi connectivity index (χ4n) is 3.49. The summed E-state index contributed by atoms with van der Waals surface area (Å²) in [5, 5.41) is -0.134. The van der Waals surface area contributed by atoms with Gasteiger partial charge in [-0.1, -0.05) is 0 Å². The molecule has 2 aromatic rings. The summed E-state index contributed by atoms with van der Waals surface area (Å²) in [7, 11) is -3.39. The zero-order chi connectivity index (χ0) is 16.1. The van der Waals surface area contributed by atoms with E-state index in [9.17, 15) is 8.42 Å². The van der Waals surface area contributed by atoms with Gasteiger partial charge in [-0.15, -0.1) is 0 Å². The summed E-state index contributed by atoms with van der Waals surface area (Å²) in [5.41, 5.74) is 1.78. The van der Waals surface area contributed by atoms with Crippen molar-refractivity contribution in [3.05, 3.63) is 24.2 Å². The first-order valence-corrected chi connectivity index (χ1v) is 9.67. The maximum Gasteiger partial charge on any atom is 0.250 e. The second kappa shape index (κ2) is 5.25. The molecular weight excluding hydrogens is 318 g/mol. The molecule has 1 saturated carbocycles. The third-order valence-corrected chi connectivity index (χ3v) is 5.58. The summed E-state index contributed by atoms with van der Waals surface area (Å²) >= 11 is 0. The van der Waals surface area contributed by atoms with Crippen LogP contribution in [0.3, 0.4) is 0 Å². The van der Waals surface area contributed by atoms with Crippen LogP contribution in [-0.4, -0.2) is 48.0 Å². The van der Waals surface area contributed by atoms with Crippen molar-refractivity contribution in [2.75, 3.05) is 19.5 Å². The second-order valence-electron chi connectivity index (χ2n) is 6.33. The average molecular weight is 337 g/mol. The second-order valence-corrected chi connectivity index (χ2v) is 8.24. The van der Waals surface area contributed by atoms with Crippen molar-refractivity contribution in [3.63, 3.8) is 0 Å². The Labute approximate surface area is 134 Å². The molecule has 0 unspecified atom stereocenters. The first-order valence-electron chi connectivity index (χ1n) is 7.78. The smallest absolute Gasteiger partial charge is 0.250 e. The molecule has 1 saturated heterocycles. The third kappa shape index (κ3) is 2.75. The molecule has 1 aliphatic heterocycles. The minimum atomic E-state index is -3.39. The first kappa shape index (κ1) is 15.0. The highest BCUT2D eigenvalue weighted by atomic mass is 32.2. The van der Waals surface area contributed by atoms with Gasteiger partial charge in [-0.25, -0.2) is 18.4 Å². The van der Waals surface area contributed by atoms with Crippen LogP contribution >= 0.6 is 0 Å². The lowest BCUT2D eigenvalue weighted by Crippen LogP contribution is -2.34. The molecule has 0 aromatic carbocycles. The van der Waals surface area contributed by atoms with Crippen LogP contribution < -0.4 is 0 Å². The topological polar surface area (TPSA) is 82.8 Å². The zero-order valence-electron chi connectivity index (χ0n) is 12.9. The lowest BCUT2D eigenvalue weighted by Gasteiger charge is -2.35. The number of ether oxygens (including phenoxy) is 2. The van der Waals surface area contributed by atoms with Crippen LogP contribution in [0.4, 0.5) is 0 Å².